The summed E-state index contributed by atoms with van der Waals surface area (Å²) in [5, 5.41) is 6.10. The SMILES string of the molecule is Cc1cc2[nH]c(=O)c3cnn(C4CCCC4)c3c2cc1C(=O)N1CCN(CCOC(C)C)CC1.Cl. The molecule has 9 heteroatoms. The van der Waals surface area contributed by atoms with Crippen LogP contribution in [-0.4, -0.2) is 75.9 Å². The van der Waals surface area contributed by atoms with Crippen LogP contribution in [0.5, 0.6) is 0 Å². The summed E-state index contributed by atoms with van der Waals surface area (Å²) in [6.45, 7) is 10.8. The van der Waals surface area contributed by atoms with E-state index in [4.69, 9.17) is 4.74 Å². The van der Waals surface area contributed by atoms with Crippen molar-refractivity contribution in [3.8, 4) is 0 Å². The number of aryl methyl sites for hydroxylation is 1. The molecule has 3 heterocycles. The van der Waals surface area contributed by atoms with Gasteiger partial charge in [-0.05, 0) is 51.3 Å². The number of hydrogen-bond donors (Lipinski definition) is 1. The average Bonchev–Trinajstić information content (AvgIpc) is 3.49. The highest BCUT2D eigenvalue weighted by Crippen LogP contribution is 2.34. The maximum Gasteiger partial charge on any atom is 0.259 e. The summed E-state index contributed by atoms with van der Waals surface area (Å²) in [5.41, 5.74) is 3.09. The quantitative estimate of drug-likeness (QED) is 0.553. The van der Waals surface area contributed by atoms with Gasteiger partial charge in [-0.3, -0.25) is 19.2 Å². The second kappa shape index (κ2) is 10.7. The van der Waals surface area contributed by atoms with Crippen LogP contribution in [0.3, 0.4) is 0 Å². The average molecular weight is 502 g/mol. The van der Waals surface area contributed by atoms with E-state index < -0.39 is 0 Å². The number of ether oxygens (including phenoxy) is 1. The number of benzene rings is 1. The molecule has 5 rings (SSSR count). The molecule has 2 aliphatic rings. The smallest absolute Gasteiger partial charge is 0.259 e. The van der Waals surface area contributed by atoms with Crippen molar-refractivity contribution in [1.29, 1.82) is 0 Å². The van der Waals surface area contributed by atoms with Gasteiger partial charge in [0.1, 0.15) is 0 Å². The number of nitrogens with one attached hydrogen (secondary N) is 1. The number of rotatable bonds is 6. The van der Waals surface area contributed by atoms with Gasteiger partial charge in [-0.15, -0.1) is 12.4 Å². The van der Waals surface area contributed by atoms with Crippen LogP contribution in [0.4, 0.5) is 0 Å². The van der Waals surface area contributed by atoms with E-state index in [1.54, 1.807) is 6.20 Å². The van der Waals surface area contributed by atoms with Crippen LogP contribution in [0.2, 0.25) is 0 Å². The lowest BCUT2D eigenvalue weighted by Crippen LogP contribution is -2.49. The van der Waals surface area contributed by atoms with Gasteiger partial charge in [0, 0.05) is 43.7 Å². The summed E-state index contributed by atoms with van der Waals surface area (Å²) < 4.78 is 7.70. The van der Waals surface area contributed by atoms with Crippen molar-refractivity contribution in [2.75, 3.05) is 39.3 Å². The lowest BCUT2D eigenvalue weighted by atomic mass is 10.0. The number of fused-ring (bicyclic) bond motifs is 3. The van der Waals surface area contributed by atoms with Crippen LogP contribution in [-0.2, 0) is 4.74 Å². The van der Waals surface area contributed by atoms with E-state index in [-0.39, 0.29) is 30.0 Å². The Bertz CT molecular complexity index is 1250. The minimum absolute atomic E-state index is 0. The number of nitrogens with zero attached hydrogens (tertiary/aromatic N) is 4. The highest BCUT2D eigenvalue weighted by molar-refractivity contribution is 6.07. The summed E-state index contributed by atoms with van der Waals surface area (Å²) in [4.78, 5) is 33.6. The molecule has 190 valence electrons. The van der Waals surface area contributed by atoms with Crippen molar-refractivity contribution in [3.63, 3.8) is 0 Å². The highest BCUT2D eigenvalue weighted by atomic mass is 35.5. The molecule has 2 fully saturated rings. The Hall–Kier alpha value is -2.42. The minimum Gasteiger partial charge on any atom is -0.377 e. The summed E-state index contributed by atoms with van der Waals surface area (Å²) in [7, 11) is 0. The van der Waals surface area contributed by atoms with Gasteiger partial charge >= 0.3 is 0 Å². The minimum atomic E-state index is -0.122. The van der Waals surface area contributed by atoms with Crippen LogP contribution in [0.25, 0.3) is 21.8 Å². The Balaban J connectivity index is 0.00000289. The molecule has 35 heavy (non-hydrogen) atoms. The fourth-order valence-electron chi connectivity index (χ4n) is 5.41. The molecular weight excluding hydrogens is 466 g/mol. The fourth-order valence-corrected chi connectivity index (χ4v) is 5.41. The second-order valence-electron chi connectivity index (χ2n) is 10.0. The van der Waals surface area contributed by atoms with E-state index in [9.17, 15) is 9.59 Å². The van der Waals surface area contributed by atoms with Gasteiger partial charge in [0.2, 0.25) is 0 Å². The normalized spacial score (nSPS) is 17.5. The number of carbonyl (C=O) groups excluding carboxylic acids is 1. The van der Waals surface area contributed by atoms with Crippen molar-refractivity contribution >= 4 is 40.1 Å². The van der Waals surface area contributed by atoms with Gasteiger partial charge in [0.15, 0.2) is 0 Å². The largest absolute Gasteiger partial charge is 0.377 e. The molecule has 3 aromatic rings. The molecule has 0 spiro atoms. The molecule has 1 saturated heterocycles. The molecule has 1 saturated carbocycles. The van der Waals surface area contributed by atoms with Gasteiger partial charge in [0.25, 0.3) is 11.5 Å². The first-order valence-electron chi connectivity index (χ1n) is 12.6. The van der Waals surface area contributed by atoms with Crippen molar-refractivity contribution in [2.45, 2.75) is 58.6 Å². The standard InChI is InChI=1S/C26H35N5O3.ClH/c1-17(2)34-13-12-29-8-10-30(11-9-29)26(33)20-15-21-23(14-18(20)3)28-25(32)22-16-27-31(24(21)22)19-6-4-5-7-19;/h14-17,19H,4-13H2,1-3H3,(H,28,32);1H. The van der Waals surface area contributed by atoms with Gasteiger partial charge < -0.3 is 14.6 Å². The van der Waals surface area contributed by atoms with E-state index in [1.807, 2.05) is 42.5 Å². The Labute approximate surface area is 212 Å². The lowest BCUT2D eigenvalue weighted by molar-refractivity contribution is 0.0406. The van der Waals surface area contributed by atoms with Crippen molar-refractivity contribution < 1.29 is 9.53 Å². The van der Waals surface area contributed by atoms with E-state index in [0.717, 1.165) is 61.1 Å². The maximum atomic E-state index is 13.5. The molecule has 0 bridgehead atoms. The summed E-state index contributed by atoms with van der Waals surface area (Å²) >= 11 is 0. The summed E-state index contributed by atoms with van der Waals surface area (Å²) in [5.74, 6) is 0.0590. The predicted molar refractivity (Wildman–Crippen MR) is 141 cm³/mol. The molecule has 0 atom stereocenters. The Morgan fingerprint density at radius 3 is 2.54 bits per heavy atom. The number of hydrogen-bond acceptors (Lipinski definition) is 5. The number of piperazine rings is 1. The monoisotopic (exact) mass is 501 g/mol. The van der Waals surface area contributed by atoms with Crippen molar-refractivity contribution in [3.05, 3.63) is 39.8 Å². The fraction of sp³-hybridized carbons (Fsp3) is 0.577. The molecule has 1 aliphatic carbocycles. The number of aromatic amines is 1. The van der Waals surface area contributed by atoms with Gasteiger partial charge in [-0.1, -0.05) is 12.8 Å². The number of aromatic nitrogens is 3. The van der Waals surface area contributed by atoms with Gasteiger partial charge in [0.05, 0.1) is 41.4 Å². The number of pyridine rings is 1. The highest BCUT2D eigenvalue weighted by Gasteiger charge is 2.26. The third-order valence-corrected chi connectivity index (χ3v) is 7.33. The number of carbonyl (C=O) groups is 1. The number of amides is 1. The summed E-state index contributed by atoms with van der Waals surface area (Å²) in [6, 6.07) is 4.23. The first kappa shape index (κ1) is 25.7. The molecule has 8 nitrogen and oxygen atoms in total. The first-order valence-corrected chi connectivity index (χ1v) is 12.6. The molecule has 0 radical (unpaired) electrons. The third-order valence-electron chi connectivity index (χ3n) is 7.33. The van der Waals surface area contributed by atoms with Crippen LogP contribution in [0.1, 0.15) is 61.5 Å². The Morgan fingerprint density at radius 1 is 1.14 bits per heavy atom. The lowest BCUT2D eigenvalue weighted by Gasteiger charge is -2.35. The molecule has 1 aromatic carbocycles. The first-order chi connectivity index (χ1) is 16.4. The van der Waals surface area contributed by atoms with E-state index in [0.29, 0.717) is 30.1 Å². The predicted octanol–water partition coefficient (Wildman–Crippen LogP) is 3.91. The zero-order valence-corrected chi connectivity index (χ0v) is 21.7. The van der Waals surface area contributed by atoms with Crippen molar-refractivity contribution in [2.24, 2.45) is 0 Å². The van der Waals surface area contributed by atoms with Gasteiger partial charge in [-0.2, -0.15) is 5.10 Å². The van der Waals surface area contributed by atoms with Crippen LogP contribution < -0.4 is 5.56 Å². The van der Waals surface area contributed by atoms with E-state index >= 15 is 0 Å². The second-order valence-corrected chi connectivity index (χ2v) is 10.0. The third kappa shape index (κ3) is 5.10. The molecular formula is C26H36ClN5O3. The molecule has 1 amide bonds. The van der Waals surface area contributed by atoms with Gasteiger partial charge in [-0.25, -0.2) is 0 Å². The molecule has 0 unspecified atom stereocenters. The van der Waals surface area contributed by atoms with E-state index in [2.05, 4.69) is 15.0 Å². The Morgan fingerprint density at radius 2 is 1.86 bits per heavy atom. The topological polar surface area (TPSA) is 83.5 Å². The number of H-pyrrole nitrogens is 1. The van der Waals surface area contributed by atoms with E-state index in [1.165, 1.54) is 12.8 Å². The van der Waals surface area contributed by atoms with Crippen LogP contribution >= 0.6 is 12.4 Å². The maximum absolute atomic E-state index is 13.5. The van der Waals surface area contributed by atoms with Crippen LogP contribution in [0, 0.1) is 6.92 Å². The summed E-state index contributed by atoms with van der Waals surface area (Å²) in [6.07, 6.45) is 6.45. The molecule has 1 aliphatic heterocycles. The van der Waals surface area contributed by atoms with Crippen molar-refractivity contribution in [1.82, 2.24) is 24.6 Å². The molecule has 1 N–H and O–H groups in total. The zero-order chi connectivity index (χ0) is 23.8. The number of halogens is 1. The molecule has 2 aromatic heterocycles. The Kier molecular flexibility index (Phi) is 7.83. The van der Waals surface area contributed by atoms with Crippen LogP contribution in [0.15, 0.2) is 23.1 Å². The zero-order valence-electron chi connectivity index (χ0n) is 20.9.